The number of methoxy groups -OCH3 is 1. The molecule has 2 aromatic rings. The van der Waals surface area contributed by atoms with E-state index in [-0.39, 0.29) is 33.9 Å². The Morgan fingerprint density at radius 1 is 1.30 bits per heavy atom. The normalized spacial score (nSPS) is 21.7. The van der Waals surface area contributed by atoms with Crippen LogP contribution in [-0.4, -0.2) is 58.2 Å². The Bertz CT molecular complexity index is 1500. The molecule has 5 rings (SSSR count). The number of carbonyl (C=O) groups is 3. The van der Waals surface area contributed by atoms with Gasteiger partial charge in [0.25, 0.3) is 11.1 Å². The van der Waals surface area contributed by atoms with Crippen molar-refractivity contribution in [1.82, 2.24) is 14.7 Å². The molecule has 1 aliphatic carbocycles. The summed E-state index contributed by atoms with van der Waals surface area (Å²) < 4.78 is 52.4. The van der Waals surface area contributed by atoms with E-state index in [4.69, 9.17) is 21.1 Å². The lowest BCUT2D eigenvalue weighted by molar-refractivity contribution is -0.152. The molecule has 3 heterocycles. The molecule has 0 saturated carbocycles. The van der Waals surface area contributed by atoms with Crippen LogP contribution in [0, 0.1) is 11.8 Å². The summed E-state index contributed by atoms with van der Waals surface area (Å²) in [6, 6.07) is 2.63. The lowest BCUT2D eigenvalue weighted by atomic mass is 9.90. The molecule has 212 valence electrons. The van der Waals surface area contributed by atoms with Crippen LogP contribution in [0.5, 0.6) is 0 Å². The monoisotopic (exact) mass is 595 g/mol. The molecule has 2 saturated heterocycles. The van der Waals surface area contributed by atoms with Crippen molar-refractivity contribution in [2.24, 2.45) is 11.8 Å². The molecule has 40 heavy (non-hydrogen) atoms. The summed E-state index contributed by atoms with van der Waals surface area (Å²) in [6.07, 6.45) is 3.87. The zero-order chi connectivity index (χ0) is 28.6. The number of nitrogens with zero attached hydrogens (tertiary/aromatic N) is 3. The second-order valence-electron chi connectivity index (χ2n) is 9.70. The van der Waals surface area contributed by atoms with E-state index in [0.717, 1.165) is 22.7 Å². The summed E-state index contributed by atoms with van der Waals surface area (Å²) in [5.41, 5.74) is -0.777. The number of amides is 2. The lowest BCUT2D eigenvalue weighted by Crippen LogP contribution is -2.50. The SMILES string of the molecule is COC(=O)C(C1CCOCC1)N1C(=O)SC(=CC2C=c3cnn(Cc4ccc(Cl)cc4C(F)(F)F)c3=CC2)C1=O. The van der Waals surface area contributed by atoms with Crippen molar-refractivity contribution in [2.75, 3.05) is 20.3 Å². The molecule has 0 N–H and O–H groups in total. The van der Waals surface area contributed by atoms with Crippen LogP contribution in [0.2, 0.25) is 5.02 Å². The molecule has 0 bridgehead atoms. The van der Waals surface area contributed by atoms with E-state index in [2.05, 4.69) is 5.10 Å². The number of esters is 1. The second-order valence-corrected chi connectivity index (χ2v) is 11.1. The highest BCUT2D eigenvalue weighted by molar-refractivity contribution is 8.18. The van der Waals surface area contributed by atoms with Gasteiger partial charge in [-0.1, -0.05) is 35.9 Å². The Balaban J connectivity index is 1.37. The molecule has 0 spiro atoms. The number of hydrogen-bond donors (Lipinski definition) is 0. The van der Waals surface area contributed by atoms with E-state index in [0.29, 0.717) is 43.0 Å². The first-order valence-corrected chi connectivity index (χ1v) is 13.8. The molecule has 8 nitrogen and oxygen atoms in total. The molecule has 2 atom stereocenters. The summed E-state index contributed by atoms with van der Waals surface area (Å²) in [6.45, 7) is 0.766. The van der Waals surface area contributed by atoms with Crippen molar-refractivity contribution in [3.05, 3.63) is 62.1 Å². The highest BCUT2D eigenvalue weighted by atomic mass is 35.5. The van der Waals surface area contributed by atoms with Crippen molar-refractivity contribution < 1.29 is 37.0 Å². The second kappa shape index (κ2) is 11.4. The lowest BCUT2D eigenvalue weighted by Gasteiger charge is -2.32. The third kappa shape index (κ3) is 5.70. The summed E-state index contributed by atoms with van der Waals surface area (Å²) in [5.74, 6) is -1.70. The fourth-order valence-corrected chi connectivity index (χ4v) is 6.33. The Hall–Kier alpha value is -3.09. The van der Waals surface area contributed by atoms with Crippen molar-refractivity contribution >= 4 is 52.6 Å². The number of alkyl halides is 3. The molecular formula is C27H25ClF3N3O5S. The average molecular weight is 596 g/mol. The van der Waals surface area contributed by atoms with Crippen LogP contribution in [0.4, 0.5) is 18.0 Å². The third-order valence-corrected chi connectivity index (χ3v) is 8.34. The van der Waals surface area contributed by atoms with E-state index in [1.807, 2.05) is 12.2 Å². The predicted octanol–water partition coefficient (Wildman–Crippen LogP) is 3.73. The average Bonchev–Trinajstić information content (AvgIpc) is 3.44. The number of aromatic nitrogens is 2. The van der Waals surface area contributed by atoms with Gasteiger partial charge < -0.3 is 9.47 Å². The molecular weight excluding hydrogens is 571 g/mol. The van der Waals surface area contributed by atoms with Gasteiger partial charge in [0.15, 0.2) is 0 Å². The maximum Gasteiger partial charge on any atom is 0.416 e. The Morgan fingerprint density at radius 2 is 2.05 bits per heavy atom. The fourth-order valence-electron chi connectivity index (χ4n) is 5.25. The highest BCUT2D eigenvalue weighted by Crippen LogP contribution is 2.38. The van der Waals surface area contributed by atoms with Gasteiger partial charge >= 0.3 is 12.1 Å². The number of benzene rings is 1. The molecule has 3 aliphatic rings. The molecule has 1 aromatic heterocycles. The zero-order valence-corrected chi connectivity index (χ0v) is 22.9. The van der Waals surface area contributed by atoms with Crippen LogP contribution >= 0.6 is 23.4 Å². The third-order valence-electron chi connectivity index (χ3n) is 7.21. The van der Waals surface area contributed by atoms with Gasteiger partial charge in [-0.3, -0.25) is 19.2 Å². The molecule has 2 amide bonds. The van der Waals surface area contributed by atoms with E-state index >= 15 is 0 Å². The zero-order valence-electron chi connectivity index (χ0n) is 21.3. The minimum Gasteiger partial charge on any atom is -0.467 e. The number of carbonyl (C=O) groups excluding carboxylic acids is 3. The van der Waals surface area contributed by atoms with Crippen molar-refractivity contribution in [2.45, 2.75) is 38.0 Å². The first kappa shape index (κ1) is 28.4. The summed E-state index contributed by atoms with van der Waals surface area (Å²) >= 11 is 6.57. The van der Waals surface area contributed by atoms with Crippen LogP contribution in [0.3, 0.4) is 0 Å². The summed E-state index contributed by atoms with van der Waals surface area (Å²) in [4.78, 5) is 40.1. The molecule has 2 aliphatic heterocycles. The predicted molar refractivity (Wildman–Crippen MR) is 141 cm³/mol. The number of ether oxygens (including phenoxy) is 2. The van der Waals surface area contributed by atoms with Gasteiger partial charge in [-0.15, -0.1) is 0 Å². The topological polar surface area (TPSA) is 90.7 Å². The van der Waals surface area contributed by atoms with Gasteiger partial charge in [-0.05, 0) is 54.6 Å². The van der Waals surface area contributed by atoms with Gasteiger partial charge in [0.1, 0.15) is 6.04 Å². The Morgan fingerprint density at radius 3 is 2.75 bits per heavy atom. The van der Waals surface area contributed by atoms with E-state index in [9.17, 15) is 27.6 Å². The van der Waals surface area contributed by atoms with Gasteiger partial charge in [-0.2, -0.15) is 18.3 Å². The number of hydrogen-bond acceptors (Lipinski definition) is 7. The molecule has 0 radical (unpaired) electrons. The molecule has 1 aromatic carbocycles. The number of rotatable bonds is 6. The first-order chi connectivity index (χ1) is 19.1. The van der Waals surface area contributed by atoms with E-state index in [1.165, 1.54) is 23.9 Å². The van der Waals surface area contributed by atoms with Crippen LogP contribution in [0.1, 0.15) is 30.4 Å². The number of allylic oxidation sites excluding steroid dienone is 1. The van der Waals surface area contributed by atoms with Crippen LogP contribution < -0.4 is 10.6 Å². The van der Waals surface area contributed by atoms with E-state index in [1.54, 1.807) is 12.3 Å². The summed E-state index contributed by atoms with van der Waals surface area (Å²) in [7, 11) is 1.23. The Kier molecular flexibility index (Phi) is 8.12. The van der Waals surface area contributed by atoms with Gasteiger partial charge in [0, 0.05) is 29.4 Å². The minimum absolute atomic E-state index is 0.00335. The van der Waals surface area contributed by atoms with Crippen LogP contribution in [-0.2, 0) is 31.8 Å². The Labute approximate surface area is 236 Å². The first-order valence-electron chi connectivity index (χ1n) is 12.6. The van der Waals surface area contributed by atoms with Crippen molar-refractivity contribution in [3.63, 3.8) is 0 Å². The number of imide groups is 1. The molecule has 2 unspecified atom stereocenters. The maximum atomic E-state index is 13.6. The van der Waals surface area contributed by atoms with Crippen LogP contribution in [0.15, 0.2) is 35.4 Å². The minimum atomic E-state index is -4.56. The largest absolute Gasteiger partial charge is 0.467 e. The van der Waals surface area contributed by atoms with Gasteiger partial charge in [-0.25, -0.2) is 4.79 Å². The summed E-state index contributed by atoms with van der Waals surface area (Å²) in [5, 5.41) is 5.11. The maximum absolute atomic E-state index is 13.6. The quantitative estimate of drug-likeness (QED) is 0.371. The fraction of sp³-hybridized carbons (Fsp3) is 0.407. The number of fused-ring (bicyclic) bond motifs is 1. The number of thioether (sulfide) groups is 1. The molecule has 13 heteroatoms. The van der Waals surface area contributed by atoms with Crippen molar-refractivity contribution in [3.8, 4) is 0 Å². The van der Waals surface area contributed by atoms with Crippen LogP contribution in [0.25, 0.3) is 12.2 Å². The highest BCUT2D eigenvalue weighted by Gasteiger charge is 2.47. The number of halogens is 4. The smallest absolute Gasteiger partial charge is 0.416 e. The van der Waals surface area contributed by atoms with Crippen molar-refractivity contribution in [1.29, 1.82) is 0 Å². The standard InChI is InChI=1S/C27H25ClF3N3O5S/c1-38-25(36)23(16-6-8-39-9-7-16)34-24(35)22(40-26(34)37)11-15-2-5-21-18(10-15)13-32-33(21)14-17-3-4-19(28)12-20(17)27(29,30)31/h3-5,10-13,15-16,23H,2,6-9,14H2,1H3. The van der Waals surface area contributed by atoms with Gasteiger partial charge in [0.05, 0.1) is 35.7 Å². The van der Waals surface area contributed by atoms with E-state index < -0.39 is 34.9 Å². The van der Waals surface area contributed by atoms with Gasteiger partial charge in [0.2, 0.25) is 0 Å². The molecule has 2 fully saturated rings.